The van der Waals surface area contributed by atoms with Crippen LogP contribution in [-0.4, -0.2) is 72.2 Å². The van der Waals surface area contributed by atoms with Gasteiger partial charge in [0.05, 0.1) is 0 Å². The summed E-state index contributed by atoms with van der Waals surface area (Å²) in [5, 5.41) is 3.32. The van der Waals surface area contributed by atoms with Crippen LogP contribution in [0.3, 0.4) is 0 Å². The summed E-state index contributed by atoms with van der Waals surface area (Å²) < 4.78 is 0. The van der Waals surface area contributed by atoms with Crippen LogP contribution in [0.5, 0.6) is 0 Å². The average Bonchev–Trinajstić information content (AvgIpc) is 3.00. The van der Waals surface area contributed by atoms with Crippen molar-refractivity contribution in [2.75, 3.05) is 62.2 Å². The molecule has 0 amide bonds. The summed E-state index contributed by atoms with van der Waals surface area (Å²) in [7, 11) is 0. The van der Waals surface area contributed by atoms with Gasteiger partial charge in [0.2, 0.25) is 0 Å². The first-order valence-corrected chi connectivity index (χ1v) is 13.1. The van der Waals surface area contributed by atoms with Gasteiger partial charge in [0.1, 0.15) is 11.6 Å². The minimum atomic E-state index is 0.948. The molecule has 2 aliphatic rings. The Bertz CT molecular complexity index is 1190. The molecule has 37 heavy (non-hydrogen) atoms. The smallest absolute Gasteiger partial charge is 0.128 e. The maximum atomic E-state index is 4.45. The highest BCUT2D eigenvalue weighted by Gasteiger charge is 2.18. The van der Waals surface area contributed by atoms with Gasteiger partial charge >= 0.3 is 0 Å². The number of piperazine rings is 2. The molecule has 5 heterocycles. The zero-order chi connectivity index (χ0) is 25.1. The molecule has 190 valence electrons. The molecular formula is C30H35N7. The standard InChI is InChI=1S/C21H22N4.C9H13N3/c1-2-6-19(7-3-1)20-14-18(15-22-16-20)17-24-10-12-25(13-11-24)21-8-4-5-9-23-21;1-2-4-11-9(3-1)12-7-5-10-6-8-12/h1-9,14-16H,10-13,17H2;1-4,10H,5-8H2. The Morgan fingerprint density at radius 1 is 0.622 bits per heavy atom. The van der Waals surface area contributed by atoms with Crippen molar-refractivity contribution >= 4 is 11.6 Å². The van der Waals surface area contributed by atoms with E-state index in [9.17, 15) is 0 Å². The Hall–Kier alpha value is -3.81. The Morgan fingerprint density at radius 3 is 1.86 bits per heavy atom. The van der Waals surface area contributed by atoms with E-state index < -0.39 is 0 Å². The van der Waals surface area contributed by atoms with Crippen LogP contribution in [0, 0.1) is 0 Å². The van der Waals surface area contributed by atoms with E-state index in [2.05, 4.69) is 83.5 Å². The van der Waals surface area contributed by atoms with E-state index in [1.807, 2.05) is 49.1 Å². The van der Waals surface area contributed by atoms with Crippen molar-refractivity contribution in [3.8, 4) is 11.1 Å². The van der Waals surface area contributed by atoms with E-state index in [-0.39, 0.29) is 0 Å². The molecule has 2 fully saturated rings. The van der Waals surface area contributed by atoms with Crippen LogP contribution in [0.25, 0.3) is 11.1 Å². The highest BCUT2D eigenvalue weighted by atomic mass is 15.3. The van der Waals surface area contributed by atoms with Crippen molar-refractivity contribution in [3.63, 3.8) is 0 Å². The van der Waals surface area contributed by atoms with Crippen molar-refractivity contribution in [1.29, 1.82) is 0 Å². The van der Waals surface area contributed by atoms with Crippen molar-refractivity contribution in [2.45, 2.75) is 6.54 Å². The quantitative estimate of drug-likeness (QED) is 0.452. The van der Waals surface area contributed by atoms with E-state index in [1.54, 1.807) is 0 Å². The number of nitrogens with one attached hydrogen (secondary N) is 1. The number of aromatic nitrogens is 3. The second-order valence-electron chi connectivity index (χ2n) is 9.32. The number of benzene rings is 1. The van der Waals surface area contributed by atoms with Gasteiger partial charge in [-0.3, -0.25) is 9.88 Å². The fraction of sp³-hybridized carbons (Fsp3) is 0.300. The van der Waals surface area contributed by atoms with Crippen molar-refractivity contribution in [1.82, 2.24) is 25.2 Å². The molecule has 3 aromatic heterocycles. The molecule has 0 saturated carbocycles. The summed E-state index contributed by atoms with van der Waals surface area (Å²) in [6.07, 6.45) is 7.63. The fourth-order valence-corrected chi connectivity index (χ4v) is 4.73. The Balaban J connectivity index is 0.000000195. The van der Waals surface area contributed by atoms with Gasteiger partial charge in [-0.25, -0.2) is 9.97 Å². The molecule has 0 radical (unpaired) electrons. The van der Waals surface area contributed by atoms with E-state index in [0.717, 1.165) is 70.5 Å². The summed E-state index contributed by atoms with van der Waals surface area (Å²) >= 11 is 0. The lowest BCUT2D eigenvalue weighted by atomic mass is 10.1. The zero-order valence-corrected chi connectivity index (χ0v) is 21.3. The largest absolute Gasteiger partial charge is 0.354 e. The van der Waals surface area contributed by atoms with E-state index in [4.69, 9.17) is 0 Å². The highest BCUT2D eigenvalue weighted by molar-refractivity contribution is 5.62. The summed E-state index contributed by atoms with van der Waals surface area (Å²) in [5.41, 5.74) is 3.68. The van der Waals surface area contributed by atoms with Crippen LogP contribution in [0.15, 0.2) is 97.6 Å². The third kappa shape index (κ3) is 7.12. The minimum absolute atomic E-state index is 0.948. The molecule has 1 aromatic carbocycles. The molecule has 7 nitrogen and oxygen atoms in total. The van der Waals surface area contributed by atoms with E-state index in [1.165, 1.54) is 16.7 Å². The topological polar surface area (TPSA) is 60.4 Å². The summed E-state index contributed by atoms with van der Waals surface area (Å²) in [6, 6.07) is 24.8. The Kier molecular flexibility index (Phi) is 8.70. The first-order chi connectivity index (χ1) is 18.3. The molecule has 4 aromatic rings. The molecule has 0 unspecified atom stereocenters. The minimum Gasteiger partial charge on any atom is -0.354 e. The summed E-state index contributed by atoms with van der Waals surface area (Å²) in [4.78, 5) is 20.3. The summed E-state index contributed by atoms with van der Waals surface area (Å²) in [5.74, 6) is 2.17. The van der Waals surface area contributed by atoms with Gasteiger partial charge in [0, 0.05) is 89.3 Å². The normalized spacial score (nSPS) is 16.1. The average molecular weight is 494 g/mol. The van der Waals surface area contributed by atoms with Crippen molar-refractivity contribution in [3.05, 3.63) is 103 Å². The van der Waals surface area contributed by atoms with Gasteiger partial charge in [0.25, 0.3) is 0 Å². The van der Waals surface area contributed by atoms with Gasteiger partial charge in [-0.05, 0) is 41.5 Å². The van der Waals surface area contributed by atoms with Crippen LogP contribution >= 0.6 is 0 Å². The third-order valence-electron chi connectivity index (χ3n) is 6.74. The lowest BCUT2D eigenvalue weighted by molar-refractivity contribution is 0.249. The molecular weight excluding hydrogens is 458 g/mol. The van der Waals surface area contributed by atoms with E-state index in [0.29, 0.717) is 0 Å². The monoisotopic (exact) mass is 493 g/mol. The Morgan fingerprint density at radius 2 is 1.24 bits per heavy atom. The summed E-state index contributed by atoms with van der Waals surface area (Å²) in [6.45, 7) is 9.34. The zero-order valence-electron chi connectivity index (χ0n) is 21.3. The molecule has 6 rings (SSSR count). The molecule has 1 N–H and O–H groups in total. The van der Waals surface area contributed by atoms with Crippen molar-refractivity contribution < 1.29 is 0 Å². The maximum absolute atomic E-state index is 4.45. The predicted octanol–water partition coefficient (Wildman–Crippen LogP) is 3.96. The molecule has 2 saturated heterocycles. The molecule has 7 heteroatoms. The second-order valence-corrected chi connectivity index (χ2v) is 9.32. The number of rotatable bonds is 5. The van der Waals surface area contributed by atoms with Gasteiger partial charge in [-0.2, -0.15) is 0 Å². The van der Waals surface area contributed by atoms with Gasteiger partial charge in [0.15, 0.2) is 0 Å². The van der Waals surface area contributed by atoms with Crippen molar-refractivity contribution in [2.24, 2.45) is 0 Å². The lowest BCUT2D eigenvalue weighted by Crippen LogP contribution is -2.46. The number of hydrogen-bond acceptors (Lipinski definition) is 7. The molecule has 0 aliphatic carbocycles. The number of nitrogens with zero attached hydrogens (tertiary/aromatic N) is 6. The van der Waals surface area contributed by atoms with E-state index >= 15 is 0 Å². The molecule has 0 spiro atoms. The maximum Gasteiger partial charge on any atom is 0.128 e. The van der Waals surface area contributed by atoms with Crippen LogP contribution in [0.2, 0.25) is 0 Å². The van der Waals surface area contributed by atoms with Gasteiger partial charge in [-0.1, -0.05) is 42.5 Å². The third-order valence-corrected chi connectivity index (χ3v) is 6.74. The first-order valence-electron chi connectivity index (χ1n) is 13.1. The van der Waals surface area contributed by atoms with Crippen LogP contribution in [0.1, 0.15) is 5.56 Å². The van der Waals surface area contributed by atoms with Crippen LogP contribution in [0.4, 0.5) is 11.6 Å². The van der Waals surface area contributed by atoms with Gasteiger partial charge in [-0.15, -0.1) is 0 Å². The SMILES string of the molecule is c1ccc(-c2cncc(CN3CCN(c4ccccn4)CC3)c2)cc1.c1ccc(N2CCNCC2)nc1. The fourth-order valence-electron chi connectivity index (χ4n) is 4.73. The van der Waals surface area contributed by atoms with Gasteiger partial charge < -0.3 is 15.1 Å². The number of hydrogen-bond donors (Lipinski definition) is 1. The lowest BCUT2D eigenvalue weighted by Gasteiger charge is -2.35. The number of pyridine rings is 3. The predicted molar refractivity (Wildman–Crippen MR) is 151 cm³/mol. The molecule has 2 aliphatic heterocycles. The highest BCUT2D eigenvalue weighted by Crippen LogP contribution is 2.20. The van der Waals surface area contributed by atoms with Crippen LogP contribution in [-0.2, 0) is 6.54 Å². The first kappa shape index (κ1) is 24.9. The second kappa shape index (κ2) is 12.9. The number of anilines is 2. The molecule has 0 bridgehead atoms. The van der Waals surface area contributed by atoms with Crippen LogP contribution < -0.4 is 15.1 Å². The molecule has 0 atom stereocenters. The Labute approximate surface area is 219 Å².